The van der Waals surface area contributed by atoms with Gasteiger partial charge in [0.05, 0.1) is 32.5 Å². The van der Waals surface area contributed by atoms with Crippen molar-refractivity contribution in [2.75, 3.05) is 52.9 Å². The molecule has 2 aromatic carbocycles. The van der Waals surface area contributed by atoms with Crippen LogP contribution in [0.1, 0.15) is 17.0 Å². The highest BCUT2D eigenvalue weighted by molar-refractivity contribution is 5.32. The lowest BCUT2D eigenvalue weighted by Crippen LogP contribution is -2.42. The number of nitrogens with zero attached hydrogens (tertiary/aromatic N) is 1. The second-order valence-corrected chi connectivity index (χ2v) is 6.80. The van der Waals surface area contributed by atoms with Crippen molar-refractivity contribution < 1.29 is 19.3 Å². The van der Waals surface area contributed by atoms with Gasteiger partial charge in [0.2, 0.25) is 0 Å². The Morgan fingerprint density at radius 1 is 0.852 bits per heavy atom. The molecule has 0 bridgehead atoms. The van der Waals surface area contributed by atoms with Crippen molar-refractivity contribution in [2.24, 2.45) is 0 Å². The van der Waals surface area contributed by atoms with Crippen molar-refractivity contribution in [1.29, 1.82) is 0 Å². The molecule has 1 heterocycles. The SMILES string of the molecule is OC(COCOCC(c1ccccc1)c1ccccc1)CN1CCOCC1. The summed E-state index contributed by atoms with van der Waals surface area (Å²) < 4.78 is 16.6. The molecular weight excluding hydrogens is 342 g/mol. The fraction of sp³-hybridized carbons (Fsp3) is 0.455. The van der Waals surface area contributed by atoms with Crippen LogP contribution in [0.2, 0.25) is 0 Å². The molecule has 0 saturated carbocycles. The lowest BCUT2D eigenvalue weighted by atomic mass is 9.92. The molecule has 2 aromatic rings. The number of benzene rings is 2. The van der Waals surface area contributed by atoms with E-state index in [0.29, 0.717) is 13.2 Å². The monoisotopic (exact) mass is 371 g/mol. The van der Waals surface area contributed by atoms with Gasteiger partial charge in [0, 0.05) is 25.6 Å². The maximum absolute atomic E-state index is 10.1. The highest BCUT2D eigenvalue weighted by atomic mass is 16.7. The smallest absolute Gasteiger partial charge is 0.146 e. The summed E-state index contributed by atoms with van der Waals surface area (Å²) in [4.78, 5) is 2.19. The van der Waals surface area contributed by atoms with Crippen molar-refractivity contribution in [3.8, 4) is 0 Å². The number of rotatable bonds is 10. The summed E-state index contributed by atoms with van der Waals surface area (Å²) in [5.74, 6) is 0.161. The average Bonchev–Trinajstić information content (AvgIpc) is 2.73. The zero-order valence-corrected chi connectivity index (χ0v) is 15.7. The predicted molar refractivity (Wildman–Crippen MR) is 105 cm³/mol. The minimum absolute atomic E-state index is 0.161. The zero-order valence-electron chi connectivity index (χ0n) is 15.7. The molecular formula is C22H29NO4. The largest absolute Gasteiger partial charge is 0.389 e. The Labute approximate surface area is 161 Å². The summed E-state index contributed by atoms with van der Waals surface area (Å²) >= 11 is 0. The maximum Gasteiger partial charge on any atom is 0.146 e. The summed E-state index contributed by atoms with van der Waals surface area (Å²) in [5.41, 5.74) is 2.44. The molecule has 1 aliphatic heterocycles. The molecule has 1 saturated heterocycles. The van der Waals surface area contributed by atoms with Crippen LogP contribution in [-0.4, -0.2) is 69.0 Å². The summed E-state index contributed by atoms with van der Waals surface area (Å²) in [6.45, 7) is 4.80. The topological polar surface area (TPSA) is 51.2 Å². The number of β-amino-alcohol motifs (C(OH)–C–C–N with tert-alkyl or cyclic N) is 1. The quantitative estimate of drug-likeness (QED) is 0.514. The molecule has 0 amide bonds. The molecule has 1 fully saturated rings. The fourth-order valence-corrected chi connectivity index (χ4v) is 3.30. The first-order valence-corrected chi connectivity index (χ1v) is 9.56. The fourth-order valence-electron chi connectivity index (χ4n) is 3.30. The summed E-state index contributed by atoms with van der Waals surface area (Å²) in [6.07, 6.45) is -0.509. The van der Waals surface area contributed by atoms with Crippen molar-refractivity contribution >= 4 is 0 Å². The second-order valence-electron chi connectivity index (χ2n) is 6.80. The number of morpholine rings is 1. The van der Waals surface area contributed by atoms with E-state index in [2.05, 4.69) is 29.2 Å². The van der Waals surface area contributed by atoms with Crippen LogP contribution in [-0.2, 0) is 14.2 Å². The maximum atomic E-state index is 10.1. The van der Waals surface area contributed by atoms with Crippen molar-refractivity contribution in [3.63, 3.8) is 0 Å². The Morgan fingerprint density at radius 2 is 1.41 bits per heavy atom. The highest BCUT2D eigenvalue weighted by Gasteiger charge is 2.16. The number of aliphatic hydroxyl groups is 1. The van der Waals surface area contributed by atoms with E-state index in [1.807, 2.05) is 36.4 Å². The summed E-state index contributed by atoms with van der Waals surface area (Å²) in [7, 11) is 0. The molecule has 0 aliphatic carbocycles. The number of aliphatic hydroxyl groups excluding tert-OH is 1. The van der Waals surface area contributed by atoms with Gasteiger partial charge in [0.15, 0.2) is 0 Å². The van der Waals surface area contributed by atoms with Crippen LogP contribution < -0.4 is 0 Å². The van der Waals surface area contributed by atoms with Crippen LogP contribution in [0.4, 0.5) is 0 Å². The number of hydrogen-bond donors (Lipinski definition) is 1. The van der Waals surface area contributed by atoms with E-state index >= 15 is 0 Å². The minimum atomic E-state index is -0.509. The zero-order chi connectivity index (χ0) is 18.7. The van der Waals surface area contributed by atoms with Gasteiger partial charge >= 0.3 is 0 Å². The van der Waals surface area contributed by atoms with E-state index in [0.717, 1.165) is 26.3 Å². The first-order chi connectivity index (χ1) is 13.3. The van der Waals surface area contributed by atoms with Gasteiger partial charge in [-0.25, -0.2) is 0 Å². The second kappa shape index (κ2) is 11.2. The molecule has 5 heteroatoms. The molecule has 0 spiro atoms. The van der Waals surface area contributed by atoms with Crippen LogP contribution in [0.25, 0.3) is 0 Å². The molecule has 3 rings (SSSR count). The molecule has 1 unspecified atom stereocenters. The highest BCUT2D eigenvalue weighted by Crippen LogP contribution is 2.24. The Bertz CT molecular complexity index is 592. The average molecular weight is 371 g/mol. The number of hydrogen-bond acceptors (Lipinski definition) is 5. The molecule has 5 nitrogen and oxygen atoms in total. The lowest BCUT2D eigenvalue weighted by molar-refractivity contribution is -0.0872. The molecule has 1 atom stereocenters. The van der Waals surface area contributed by atoms with E-state index in [4.69, 9.17) is 14.2 Å². The predicted octanol–water partition coefficient (Wildman–Crippen LogP) is 2.50. The third-order valence-electron chi connectivity index (χ3n) is 4.74. The van der Waals surface area contributed by atoms with Crippen LogP contribution >= 0.6 is 0 Å². The molecule has 0 radical (unpaired) electrons. The van der Waals surface area contributed by atoms with Gasteiger partial charge in [-0.15, -0.1) is 0 Å². The molecule has 146 valence electrons. The normalized spacial score (nSPS) is 16.5. The first-order valence-electron chi connectivity index (χ1n) is 9.56. The van der Waals surface area contributed by atoms with Gasteiger partial charge in [-0.2, -0.15) is 0 Å². The third-order valence-corrected chi connectivity index (χ3v) is 4.74. The van der Waals surface area contributed by atoms with Gasteiger partial charge in [0.1, 0.15) is 6.79 Å². The lowest BCUT2D eigenvalue weighted by Gasteiger charge is -2.28. The van der Waals surface area contributed by atoms with E-state index in [1.165, 1.54) is 11.1 Å². The molecule has 1 aliphatic rings. The van der Waals surface area contributed by atoms with Gasteiger partial charge < -0.3 is 19.3 Å². The van der Waals surface area contributed by atoms with Crippen molar-refractivity contribution in [3.05, 3.63) is 71.8 Å². The Hall–Kier alpha value is -1.76. The first kappa shape index (κ1) is 20.0. The standard InChI is InChI=1S/C22H29NO4/c24-21(15-23-11-13-25-14-12-23)16-26-18-27-17-22(19-7-3-1-4-8-19)20-9-5-2-6-10-20/h1-10,21-22,24H,11-18H2. The molecule has 27 heavy (non-hydrogen) atoms. The van der Waals surface area contributed by atoms with E-state index < -0.39 is 6.10 Å². The Balaban J connectivity index is 1.41. The van der Waals surface area contributed by atoms with Gasteiger partial charge in [-0.05, 0) is 11.1 Å². The van der Waals surface area contributed by atoms with Crippen LogP contribution in [0.3, 0.4) is 0 Å². The van der Waals surface area contributed by atoms with E-state index in [9.17, 15) is 5.11 Å². The van der Waals surface area contributed by atoms with E-state index in [-0.39, 0.29) is 19.3 Å². The minimum Gasteiger partial charge on any atom is -0.389 e. The Morgan fingerprint density at radius 3 is 2.00 bits per heavy atom. The van der Waals surface area contributed by atoms with Crippen LogP contribution in [0, 0.1) is 0 Å². The third kappa shape index (κ3) is 6.72. The van der Waals surface area contributed by atoms with Crippen molar-refractivity contribution in [1.82, 2.24) is 4.90 Å². The number of ether oxygens (including phenoxy) is 3. The van der Waals surface area contributed by atoms with Gasteiger partial charge in [-0.3, -0.25) is 4.90 Å². The van der Waals surface area contributed by atoms with Crippen LogP contribution in [0.15, 0.2) is 60.7 Å². The van der Waals surface area contributed by atoms with Crippen LogP contribution in [0.5, 0.6) is 0 Å². The molecule has 0 aromatic heterocycles. The summed E-state index contributed by atoms with van der Waals surface area (Å²) in [5, 5.41) is 10.1. The molecule has 1 N–H and O–H groups in total. The Kier molecular flexibility index (Phi) is 8.27. The van der Waals surface area contributed by atoms with Gasteiger partial charge in [-0.1, -0.05) is 60.7 Å². The van der Waals surface area contributed by atoms with E-state index in [1.54, 1.807) is 0 Å². The van der Waals surface area contributed by atoms with Crippen molar-refractivity contribution in [2.45, 2.75) is 12.0 Å². The van der Waals surface area contributed by atoms with Gasteiger partial charge in [0.25, 0.3) is 0 Å². The summed E-state index contributed by atoms with van der Waals surface area (Å²) in [6, 6.07) is 20.7.